The molecule has 0 bridgehead atoms. The number of halogens is 1. The Morgan fingerprint density at radius 1 is 1.38 bits per heavy atom. The summed E-state index contributed by atoms with van der Waals surface area (Å²) in [7, 11) is 0. The minimum Gasteiger partial charge on any atom is -0.387 e. The van der Waals surface area contributed by atoms with Crippen LogP contribution in [0.1, 0.15) is 24.5 Å². The Hall–Kier alpha value is -0.770. The van der Waals surface area contributed by atoms with Crippen molar-refractivity contribution in [2.75, 3.05) is 24.5 Å². The molecule has 1 heterocycles. The van der Waals surface area contributed by atoms with Gasteiger partial charge in [0.1, 0.15) is 0 Å². The lowest BCUT2D eigenvalue weighted by Gasteiger charge is -2.20. The number of nitrogens with two attached hydrogens (primary N) is 1. The molecule has 3 N–H and O–H groups in total. The smallest absolute Gasteiger partial charge is 0.0912 e. The molecule has 0 saturated carbocycles. The van der Waals surface area contributed by atoms with Crippen LogP contribution in [0.3, 0.4) is 0 Å². The summed E-state index contributed by atoms with van der Waals surface area (Å²) in [4.78, 5) is 2.28. The summed E-state index contributed by atoms with van der Waals surface area (Å²) in [6.45, 7) is 2.36. The van der Waals surface area contributed by atoms with Gasteiger partial charge in [0.15, 0.2) is 0 Å². The van der Waals surface area contributed by atoms with Gasteiger partial charge >= 0.3 is 0 Å². The van der Waals surface area contributed by atoms with Gasteiger partial charge in [-0.3, -0.25) is 0 Å². The Morgan fingerprint density at radius 2 is 2.06 bits per heavy atom. The molecular weight excluding hydrogens is 224 g/mol. The molecule has 2 rings (SSSR count). The van der Waals surface area contributed by atoms with E-state index in [2.05, 4.69) is 4.90 Å². The second-order valence-electron chi connectivity index (χ2n) is 4.16. The lowest BCUT2D eigenvalue weighted by molar-refractivity contribution is 0.187. The molecule has 1 unspecified atom stereocenters. The minimum atomic E-state index is -0.620. The summed E-state index contributed by atoms with van der Waals surface area (Å²) in [5.74, 6) is 0. The molecule has 1 saturated heterocycles. The van der Waals surface area contributed by atoms with Gasteiger partial charge in [0.05, 0.1) is 16.8 Å². The third kappa shape index (κ3) is 2.32. The fourth-order valence-corrected chi connectivity index (χ4v) is 2.39. The fraction of sp³-hybridized carbons (Fsp3) is 0.500. The molecule has 16 heavy (non-hydrogen) atoms. The summed E-state index contributed by atoms with van der Waals surface area (Å²) in [5.41, 5.74) is 7.26. The average molecular weight is 241 g/mol. The first-order chi connectivity index (χ1) is 7.72. The van der Waals surface area contributed by atoms with E-state index in [4.69, 9.17) is 17.3 Å². The summed E-state index contributed by atoms with van der Waals surface area (Å²) >= 11 is 6.22. The van der Waals surface area contributed by atoms with Crippen molar-refractivity contribution < 1.29 is 5.11 Å². The lowest BCUT2D eigenvalue weighted by Crippen LogP contribution is -2.18. The van der Waals surface area contributed by atoms with E-state index in [1.165, 1.54) is 12.8 Å². The molecule has 0 radical (unpaired) electrons. The number of aliphatic hydroxyl groups is 1. The largest absolute Gasteiger partial charge is 0.387 e. The zero-order valence-electron chi connectivity index (χ0n) is 9.19. The number of benzene rings is 1. The molecule has 1 aliphatic rings. The molecule has 1 fully saturated rings. The summed E-state index contributed by atoms with van der Waals surface area (Å²) in [5, 5.41) is 10.3. The summed E-state index contributed by atoms with van der Waals surface area (Å²) in [6, 6.07) is 5.69. The van der Waals surface area contributed by atoms with Gasteiger partial charge < -0.3 is 15.7 Å². The van der Waals surface area contributed by atoms with Gasteiger partial charge in [-0.25, -0.2) is 0 Å². The first-order valence-corrected chi connectivity index (χ1v) is 6.02. The third-order valence-electron chi connectivity index (χ3n) is 3.03. The first kappa shape index (κ1) is 11.7. The number of hydrogen-bond donors (Lipinski definition) is 2. The van der Waals surface area contributed by atoms with Gasteiger partial charge in [0, 0.05) is 19.6 Å². The van der Waals surface area contributed by atoms with Gasteiger partial charge in [-0.15, -0.1) is 0 Å². The van der Waals surface area contributed by atoms with E-state index < -0.39 is 6.10 Å². The quantitative estimate of drug-likeness (QED) is 0.849. The molecule has 1 atom stereocenters. The molecule has 1 aromatic rings. The standard InChI is InChI=1S/C12H17ClN2O/c13-10-7-9(12(16)8-14)3-4-11(10)15-5-1-2-6-15/h3-4,7,12,16H,1-2,5-6,8,14H2. The van der Waals surface area contributed by atoms with Crippen LogP contribution in [0.25, 0.3) is 0 Å². The van der Waals surface area contributed by atoms with Crippen molar-refractivity contribution in [1.29, 1.82) is 0 Å². The maximum absolute atomic E-state index is 9.61. The molecule has 0 aromatic heterocycles. The number of rotatable bonds is 3. The monoisotopic (exact) mass is 240 g/mol. The molecule has 1 aliphatic heterocycles. The predicted octanol–water partition coefficient (Wildman–Crippen LogP) is 1.93. The van der Waals surface area contributed by atoms with E-state index in [-0.39, 0.29) is 6.54 Å². The second kappa shape index (κ2) is 5.04. The molecule has 0 spiro atoms. The maximum Gasteiger partial charge on any atom is 0.0912 e. The Kier molecular flexibility index (Phi) is 3.69. The Labute approximate surface area is 101 Å². The Balaban J connectivity index is 2.22. The second-order valence-corrected chi connectivity index (χ2v) is 4.56. The van der Waals surface area contributed by atoms with Crippen LogP contribution in [-0.2, 0) is 0 Å². The first-order valence-electron chi connectivity index (χ1n) is 5.65. The van der Waals surface area contributed by atoms with E-state index in [0.717, 1.165) is 24.3 Å². The molecule has 0 aliphatic carbocycles. The number of aliphatic hydroxyl groups excluding tert-OH is 1. The zero-order chi connectivity index (χ0) is 11.5. The number of anilines is 1. The highest BCUT2D eigenvalue weighted by Crippen LogP contribution is 2.30. The number of hydrogen-bond acceptors (Lipinski definition) is 3. The molecule has 4 heteroatoms. The van der Waals surface area contributed by atoms with Crippen LogP contribution in [0.15, 0.2) is 18.2 Å². The molecule has 0 amide bonds. The normalized spacial score (nSPS) is 17.8. The highest BCUT2D eigenvalue weighted by atomic mass is 35.5. The number of nitrogens with zero attached hydrogens (tertiary/aromatic N) is 1. The van der Waals surface area contributed by atoms with Crippen LogP contribution in [0.2, 0.25) is 5.02 Å². The minimum absolute atomic E-state index is 0.222. The van der Waals surface area contributed by atoms with E-state index >= 15 is 0 Å². The van der Waals surface area contributed by atoms with Gasteiger partial charge in [0.2, 0.25) is 0 Å². The summed E-state index contributed by atoms with van der Waals surface area (Å²) < 4.78 is 0. The summed E-state index contributed by atoms with van der Waals surface area (Å²) in [6.07, 6.45) is 1.83. The Morgan fingerprint density at radius 3 is 2.62 bits per heavy atom. The SMILES string of the molecule is NCC(O)c1ccc(N2CCCC2)c(Cl)c1. The predicted molar refractivity (Wildman–Crippen MR) is 66.9 cm³/mol. The molecule has 3 nitrogen and oxygen atoms in total. The van der Waals surface area contributed by atoms with Crippen LogP contribution in [0.4, 0.5) is 5.69 Å². The van der Waals surface area contributed by atoms with Crippen LogP contribution < -0.4 is 10.6 Å². The van der Waals surface area contributed by atoms with Gasteiger partial charge in [-0.2, -0.15) is 0 Å². The fourth-order valence-electron chi connectivity index (χ4n) is 2.08. The topological polar surface area (TPSA) is 49.5 Å². The van der Waals surface area contributed by atoms with Crippen molar-refractivity contribution in [3.05, 3.63) is 28.8 Å². The van der Waals surface area contributed by atoms with E-state index in [0.29, 0.717) is 5.02 Å². The zero-order valence-corrected chi connectivity index (χ0v) is 9.95. The van der Waals surface area contributed by atoms with Crippen molar-refractivity contribution in [2.45, 2.75) is 18.9 Å². The van der Waals surface area contributed by atoms with Crippen molar-refractivity contribution >= 4 is 17.3 Å². The van der Waals surface area contributed by atoms with E-state index in [1.54, 1.807) is 0 Å². The lowest BCUT2D eigenvalue weighted by atomic mass is 10.1. The van der Waals surface area contributed by atoms with Crippen LogP contribution >= 0.6 is 11.6 Å². The van der Waals surface area contributed by atoms with E-state index in [9.17, 15) is 5.11 Å². The maximum atomic E-state index is 9.61. The highest BCUT2D eigenvalue weighted by Gasteiger charge is 2.16. The van der Waals surface area contributed by atoms with Gasteiger partial charge in [-0.05, 0) is 30.5 Å². The molecule has 88 valence electrons. The van der Waals surface area contributed by atoms with Crippen molar-refractivity contribution in [2.24, 2.45) is 5.73 Å². The van der Waals surface area contributed by atoms with Gasteiger partial charge in [-0.1, -0.05) is 17.7 Å². The van der Waals surface area contributed by atoms with Crippen LogP contribution in [-0.4, -0.2) is 24.7 Å². The van der Waals surface area contributed by atoms with Crippen molar-refractivity contribution in [3.8, 4) is 0 Å². The van der Waals surface area contributed by atoms with E-state index in [1.807, 2.05) is 18.2 Å². The molecular formula is C12H17ClN2O. The highest BCUT2D eigenvalue weighted by molar-refractivity contribution is 6.33. The Bertz CT molecular complexity index is 364. The van der Waals surface area contributed by atoms with Crippen LogP contribution in [0, 0.1) is 0 Å². The molecule has 1 aromatic carbocycles. The average Bonchev–Trinajstić information content (AvgIpc) is 2.81. The third-order valence-corrected chi connectivity index (χ3v) is 3.33. The van der Waals surface area contributed by atoms with Crippen molar-refractivity contribution in [1.82, 2.24) is 0 Å². The van der Waals surface area contributed by atoms with Gasteiger partial charge in [0.25, 0.3) is 0 Å². The van der Waals surface area contributed by atoms with Crippen LogP contribution in [0.5, 0.6) is 0 Å². The van der Waals surface area contributed by atoms with Crippen molar-refractivity contribution in [3.63, 3.8) is 0 Å².